The van der Waals surface area contributed by atoms with Gasteiger partial charge in [-0.05, 0) is 32.5 Å². The fourth-order valence-electron chi connectivity index (χ4n) is 1.44. The van der Waals surface area contributed by atoms with E-state index in [4.69, 9.17) is 8.74 Å². The maximum absolute atomic E-state index is 12.1. The minimum Gasteiger partial charge on any atom is -0.351 e. The molecule has 0 heterocycles. The fraction of sp³-hybridized carbons (Fsp3) is 1.00. The Morgan fingerprint density at radius 3 is 2.13 bits per heavy atom. The van der Waals surface area contributed by atoms with E-state index in [1.165, 1.54) is 0 Å². The second-order valence-electron chi connectivity index (χ2n) is 4.90. The molecule has 0 aliphatic rings. The molecule has 0 bridgehead atoms. The van der Waals surface area contributed by atoms with Crippen molar-refractivity contribution in [3.8, 4) is 0 Å². The van der Waals surface area contributed by atoms with Crippen LogP contribution in [0.5, 0.6) is 0 Å². The first-order valence-corrected chi connectivity index (χ1v) is 11.1. The molecule has 0 saturated heterocycles. The highest BCUT2D eigenvalue weighted by molar-refractivity contribution is 7.54. The normalized spacial score (nSPS) is 18.5. The van der Waals surface area contributed by atoms with Crippen molar-refractivity contribution in [2.24, 2.45) is 0 Å². The third-order valence-electron chi connectivity index (χ3n) is 1.85. The summed E-state index contributed by atoms with van der Waals surface area (Å²) in [6.07, 6.45) is 2.96. The van der Waals surface area contributed by atoms with E-state index in [9.17, 15) is 4.57 Å². The highest BCUT2D eigenvalue weighted by Gasteiger charge is 2.29. The molecule has 0 fully saturated rings. The van der Waals surface area contributed by atoms with Gasteiger partial charge in [0.2, 0.25) is 0 Å². The third kappa shape index (κ3) is 8.20. The number of hydrogen-bond donors (Lipinski definition) is 0. The van der Waals surface area contributed by atoms with Crippen LogP contribution in [0.25, 0.3) is 0 Å². The summed E-state index contributed by atoms with van der Waals surface area (Å²) in [6, 6.07) is 0. The molecule has 0 spiro atoms. The Morgan fingerprint density at radius 1 is 1.27 bits per heavy atom. The van der Waals surface area contributed by atoms with Crippen molar-refractivity contribution in [3.63, 3.8) is 0 Å². The lowest BCUT2D eigenvalue weighted by molar-refractivity contribution is 0.165. The molecule has 0 radical (unpaired) electrons. The zero-order valence-corrected chi connectivity index (χ0v) is 12.8. The summed E-state index contributed by atoms with van der Waals surface area (Å²) in [4.78, 5) is 0. The highest BCUT2D eigenvalue weighted by Crippen LogP contribution is 2.48. The van der Waals surface area contributed by atoms with Crippen LogP contribution in [0, 0.1) is 0 Å². The van der Waals surface area contributed by atoms with Crippen LogP contribution < -0.4 is 0 Å². The van der Waals surface area contributed by atoms with Gasteiger partial charge in [-0.1, -0.05) is 20.3 Å². The second kappa shape index (κ2) is 6.19. The number of rotatable bonds is 7. The van der Waals surface area contributed by atoms with Gasteiger partial charge in [-0.25, -0.2) is 0 Å². The third-order valence-corrected chi connectivity index (χ3v) is 6.04. The van der Waals surface area contributed by atoms with Gasteiger partial charge in [-0.15, -0.1) is 0 Å². The molecule has 5 heteroatoms. The summed E-state index contributed by atoms with van der Waals surface area (Å²) in [5.74, 6) is 0. The molecule has 0 aromatic rings. The predicted octanol–water partition coefficient (Wildman–Crippen LogP) is 4.26. The van der Waals surface area contributed by atoms with E-state index in [1.807, 2.05) is 19.6 Å². The van der Waals surface area contributed by atoms with Crippen LogP contribution in [0.3, 0.4) is 0 Å². The van der Waals surface area contributed by atoms with Gasteiger partial charge in [0.25, 0.3) is 0 Å². The van der Waals surface area contributed by atoms with Gasteiger partial charge in [-0.2, -0.15) is 0 Å². The molecule has 15 heavy (non-hydrogen) atoms. The smallest absolute Gasteiger partial charge is 0.318 e. The first kappa shape index (κ1) is 15.4. The number of hydrogen-bond acceptors (Lipinski definition) is 3. The standard InChI is InChI=1S/C10H25O3PSi/c1-7-9-10(8-2)12-14(3,11)13-15(4,5)6/h10H,7-9H2,1-6H3. The van der Waals surface area contributed by atoms with E-state index < -0.39 is 15.9 Å². The van der Waals surface area contributed by atoms with Crippen LogP contribution in [-0.4, -0.2) is 21.1 Å². The zero-order chi connectivity index (χ0) is 12.1. The Morgan fingerprint density at radius 2 is 1.80 bits per heavy atom. The molecule has 0 aromatic carbocycles. The Kier molecular flexibility index (Phi) is 6.34. The average molecular weight is 252 g/mol. The van der Waals surface area contributed by atoms with Gasteiger partial charge in [-0.3, -0.25) is 4.57 Å². The van der Waals surface area contributed by atoms with Gasteiger partial charge in [0.15, 0.2) is 8.32 Å². The van der Waals surface area contributed by atoms with Crippen LogP contribution in [0.2, 0.25) is 19.6 Å². The topological polar surface area (TPSA) is 35.5 Å². The van der Waals surface area contributed by atoms with Crippen molar-refractivity contribution in [2.45, 2.75) is 58.9 Å². The SMILES string of the molecule is CCCC(CC)OP(C)(=O)O[Si](C)(C)C. The summed E-state index contributed by atoms with van der Waals surface area (Å²) in [5.41, 5.74) is 0. The molecule has 0 aromatic heterocycles. The monoisotopic (exact) mass is 252 g/mol. The Hall–Kier alpha value is 0.367. The maximum atomic E-state index is 12.1. The molecule has 0 rings (SSSR count). The lowest BCUT2D eigenvalue weighted by atomic mass is 10.2. The van der Waals surface area contributed by atoms with Crippen LogP contribution in [-0.2, 0) is 13.3 Å². The van der Waals surface area contributed by atoms with Crippen LogP contribution >= 0.6 is 7.60 Å². The second-order valence-corrected chi connectivity index (χ2v) is 11.6. The van der Waals surface area contributed by atoms with Crippen LogP contribution in [0.4, 0.5) is 0 Å². The summed E-state index contributed by atoms with van der Waals surface area (Å²) >= 11 is 0. The van der Waals surface area contributed by atoms with Crippen LogP contribution in [0.1, 0.15) is 33.1 Å². The molecular formula is C10H25O3PSi. The maximum Gasteiger partial charge on any atom is 0.318 e. The lowest BCUT2D eigenvalue weighted by Gasteiger charge is -2.26. The first-order valence-electron chi connectivity index (χ1n) is 5.67. The minimum atomic E-state index is -2.85. The molecule has 0 amide bonds. The van der Waals surface area contributed by atoms with Gasteiger partial charge < -0.3 is 8.74 Å². The van der Waals surface area contributed by atoms with Gasteiger partial charge in [0, 0.05) is 6.66 Å². The van der Waals surface area contributed by atoms with Gasteiger partial charge in [0.1, 0.15) is 0 Å². The van der Waals surface area contributed by atoms with Crippen molar-refractivity contribution < 1.29 is 13.3 Å². The lowest BCUT2D eigenvalue weighted by Crippen LogP contribution is -2.25. The van der Waals surface area contributed by atoms with E-state index in [0.717, 1.165) is 19.3 Å². The van der Waals surface area contributed by atoms with E-state index in [2.05, 4.69) is 13.8 Å². The molecule has 2 unspecified atom stereocenters. The molecule has 0 N–H and O–H groups in total. The van der Waals surface area contributed by atoms with Gasteiger partial charge >= 0.3 is 7.60 Å². The minimum absolute atomic E-state index is 0.0715. The van der Waals surface area contributed by atoms with E-state index in [-0.39, 0.29) is 6.10 Å². The molecule has 92 valence electrons. The van der Waals surface area contributed by atoms with Gasteiger partial charge in [0.05, 0.1) is 6.10 Å². The van der Waals surface area contributed by atoms with Crippen molar-refractivity contribution in [1.29, 1.82) is 0 Å². The fourth-order valence-corrected chi connectivity index (χ4v) is 6.39. The van der Waals surface area contributed by atoms with Crippen LogP contribution in [0.15, 0.2) is 0 Å². The quantitative estimate of drug-likeness (QED) is 0.502. The van der Waals surface area contributed by atoms with E-state index in [1.54, 1.807) is 6.66 Å². The Balaban J connectivity index is 4.28. The van der Waals surface area contributed by atoms with Crippen molar-refractivity contribution in [1.82, 2.24) is 0 Å². The van der Waals surface area contributed by atoms with Crippen molar-refractivity contribution >= 4 is 15.9 Å². The Bertz CT molecular complexity index is 225. The molecule has 2 atom stereocenters. The highest BCUT2D eigenvalue weighted by atomic mass is 31.2. The average Bonchev–Trinajstić information content (AvgIpc) is 1.98. The predicted molar refractivity (Wildman–Crippen MR) is 68.0 cm³/mol. The summed E-state index contributed by atoms with van der Waals surface area (Å²) in [5, 5.41) is 0. The molecule has 0 aliphatic heterocycles. The molecule has 3 nitrogen and oxygen atoms in total. The van der Waals surface area contributed by atoms with Crippen molar-refractivity contribution in [2.75, 3.05) is 6.66 Å². The summed E-state index contributed by atoms with van der Waals surface area (Å²) in [7, 11) is -4.64. The van der Waals surface area contributed by atoms with E-state index >= 15 is 0 Å². The first-order chi connectivity index (χ1) is 6.70. The zero-order valence-electron chi connectivity index (χ0n) is 10.9. The Labute approximate surface area is 95.2 Å². The largest absolute Gasteiger partial charge is 0.351 e. The molecule has 0 saturated carbocycles. The van der Waals surface area contributed by atoms with E-state index in [0.29, 0.717) is 0 Å². The molecular weight excluding hydrogens is 227 g/mol. The molecule has 0 aliphatic carbocycles. The summed E-state index contributed by atoms with van der Waals surface area (Å²) in [6.45, 7) is 11.8. The summed E-state index contributed by atoms with van der Waals surface area (Å²) < 4.78 is 23.2. The van der Waals surface area contributed by atoms with Crippen molar-refractivity contribution in [3.05, 3.63) is 0 Å².